The van der Waals surface area contributed by atoms with Crippen LogP contribution >= 0.6 is 0 Å². The average Bonchev–Trinajstić information content (AvgIpc) is 4.41. The summed E-state index contributed by atoms with van der Waals surface area (Å²) in [4.78, 5) is 6.87. The van der Waals surface area contributed by atoms with E-state index in [1.807, 2.05) is 42.5 Å². The van der Waals surface area contributed by atoms with E-state index in [2.05, 4.69) is 227 Å². The first-order valence-electron chi connectivity index (χ1n) is 25.7. The minimum Gasteiger partial charge on any atom is -0.440 e. The van der Waals surface area contributed by atoms with Crippen molar-refractivity contribution in [2.24, 2.45) is 0 Å². The van der Waals surface area contributed by atoms with Crippen molar-refractivity contribution in [2.45, 2.75) is 0 Å². The van der Waals surface area contributed by atoms with Gasteiger partial charge in [0.05, 0.1) is 22.4 Å². The van der Waals surface area contributed by atoms with Gasteiger partial charge in [0, 0.05) is 50.4 Å². The van der Waals surface area contributed by atoms with Crippen LogP contribution in [0.3, 0.4) is 0 Å². The summed E-state index contributed by atoms with van der Waals surface area (Å²) in [6, 6.07) is 89.2. The summed E-state index contributed by atoms with van der Waals surface area (Å²) in [6.45, 7) is -0.196. The van der Waals surface area contributed by atoms with Gasteiger partial charge < -0.3 is 17.7 Å². The van der Waals surface area contributed by atoms with Crippen LogP contribution in [0.2, 0.25) is 0 Å². The minimum absolute atomic E-state index is 0.196. The van der Waals surface area contributed by atoms with Gasteiger partial charge in [0.1, 0.15) is 22.3 Å². The highest BCUT2D eigenvalue weighted by atomic mass is 16.4. The van der Waals surface area contributed by atoms with Gasteiger partial charge in [0.15, 0.2) is 0 Å². The summed E-state index contributed by atoms with van der Waals surface area (Å²) in [5.41, 5.74) is 17.2. The molecular formula is C68H42BN3O4. The molecule has 10 aromatic carbocycles. The molecule has 0 fully saturated rings. The highest BCUT2D eigenvalue weighted by Crippen LogP contribution is 2.55. The maximum Gasteiger partial charge on any atom is 0.252 e. The van der Waals surface area contributed by atoms with Crippen LogP contribution in [0.25, 0.3) is 77.3 Å². The maximum atomic E-state index is 7.30. The Morgan fingerprint density at radius 3 is 1.25 bits per heavy atom. The van der Waals surface area contributed by atoms with Gasteiger partial charge in [-0.25, -0.2) is 4.90 Å². The van der Waals surface area contributed by atoms with Crippen LogP contribution in [-0.4, -0.2) is 6.71 Å². The monoisotopic (exact) mass is 975 g/mol. The number of furan rings is 4. The van der Waals surface area contributed by atoms with Gasteiger partial charge in [-0.05, 0) is 81.6 Å². The molecule has 0 aliphatic carbocycles. The van der Waals surface area contributed by atoms with Crippen molar-refractivity contribution in [3.8, 4) is 33.4 Å². The van der Waals surface area contributed by atoms with Gasteiger partial charge in [-0.1, -0.05) is 200 Å². The van der Waals surface area contributed by atoms with E-state index in [1.165, 1.54) is 0 Å². The summed E-state index contributed by atoms with van der Waals surface area (Å²) in [7, 11) is 0. The van der Waals surface area contributed by atoms with E-state index in [0.29, 0.717) is 23.5 Å². The van der Waals surface area contributed by atoms with Crippen molar-refractivity contribution < 1.29 is 17.7 Å². The molecule has 0 spiro atoms. The Kier molecular flexibility index (Phi) is 9.29. The van der Waals surface area contributed by atoms with E-state index in [4.69, 9.17) is 17.7 Å². The minimum atomic E-state index is -0.196. The topological polar surface area (TPSA) is 62.3 Å². The van der Waals surface area contributed by atoms with Crippen molar-refractivity contribution >= 4 is 119 Å². The third kappa shape index (κ3) is 6.31. The summed E-state index contributed by atoms with van der Waals surface area (Å²) in [6.07, 6.45) is 0. The fourth-order valence-electron chi connectivity index (χ4n) is 12.1. The molecule has 0 saturated carbocycles. The molecule has 0 saturated heterocycles. The summed E-state index contributed by atoms with van der Waals surface area (Å²) in [5.74, 6) is 2.62. The van der Waals surface area contributed by atoms with Crippen LogP contribution in [0.1, 0.15) is 0 Å². The third-order valence-electron chi connectivity index (χ3n) is 15.3. The Morgan fingerprint density at radius 1 is 0.329 bits per heavy atom. The first-order valence-corrected chi connectivity index (χ1v) is 25.7. The lowest BCUT2D eigenvalue weighted by Crippen LogP contribution is -2.61. The lowest BCUT2D eigenvalue weighted by atomic mass is 9.33. The fraction of sp³-hybridized carbons (Fsp3) is 0. The van der Waals surface area contributed by atoms with Crippen molar-refractivity contribution in [2.75, 3.05) is 14.7 Å². The summed E-state index contributed by atoms with van der Waals surface area (Å²) < 4.78 is 28.9. The van der Waals surface area contributed by atoms with Gasteiger partial charge in [-0.15, -0.1) is 0 Å². The molecule has 8 heteroatoms. The van der Waals surface area contributed by atoms with E-state index in [1.54, 1.807) is 0 Å². The normalized spacial score (nSPS) is 12.7. The molecular weight excluding hydrogens is 934 g/mol. The second-order valence-corrected chi connectivity index (χ2v) is 19.5. The van der Waals surface area contributed by atoms with Crippen LogP contribution in [0.4, 0.5) is 52.0 Å². The molecule has 2 aliphatic rings. The standard InChI is InChI=1S/C68H42BN3O4/c1-4-22-43(23-5-1)62-48-29-11-19-37-58(48)74-66(62)70(61-40-46-28-10-18-36-57(46)73-61)47-41-55-65-56(42-47)72(68-64(45-26-8-3-9-27-45)50-31-13-21-39-60(50)76-68)54-35-17-15-33-52(54)69(65)51-32-14-16-34-53(51)71(55)67-63(44-24-6-2-7-25-44)49-30-12-20-38-59(49)75-67/h1-42H. The fourth-order valence-corrected chi connectivity index (χ4v) is 12.1. The molecule has 0 atom stereocenters. The smallest absolute Gasteiger partial charge is 0.252 e. The number of rotatable bonds is 8. The molecule has 0 amide bonds. The highest BCUT2D eigenvalue weighted by Gasteiger charge is 2.46. The van der Waals surface area contributed by atoms with Crippen LogP contribution in [-0.2, 0) is 0 Å². The van der Waals surface area contributed by atoms with Crippen molar-refractivity contribution in [3.05, 3.63) is 255 Å². The zero-order valence-corrected chi connectivity index (χ0v) is 40.8. The molecule has 4 aromatic heterocycles. The predicted octanol–water partition coefficient (Wildman–Crippen LogP) is 17.2. The van der Waals surface area contributed by atoms with Gasteiger partial charge in [0.25, 0.3) is 6.71 Å². The van der Waals surface area contributed by atoms with E-state index < -0.39 is 0 Å². The summed E-state index contributed by atoms with van der Waals surface area (Å²) in [5, 5.41) is 4.00. The Balaban J connectivity index is 1.08. The van der Waals surface area contributed by atoms with E-state index >= 15 is 0 Å². The van der Waals surface area contributed by atoms with Crippen molar-refractivity contribution in [1.29, 1.82) is 0 Å². The number of benzene rings is 10. The van der Waals surface area contributed by atoms with E-state index in [0.717, 1.165) is 122 Å². The molecule has 6 heterocycles. The number of para-hydroxylation sites is 6. The van der Waals surface area contributed by atoms with Gasteiger partial charge >= 0.3 is 0 Å². The molecule has 0 N–H and O–H groups in total. The van der Waals surface area contributed by atoms with Gasteiger partial charge in [-0.2, -0.15) is 0 Å². The molecule has 0 bridgehead atoms. The van der Waals surface area contributed by atoms with Gasteiger partial charge in [0.2, 0.25) is 23.5 Å². The SMILES string of the molecule is c1ccc(-c2c(N(c3cc4c5c(c3)N(c3oc6ccccc6c3-c3ccccc3)c3ccccc3B5c3ccccc3N4c3oc4ccccc4c3-c3ccccc3)c3cc4ccccc4o3)oc3ccccc23)cc1. The molecule has 0 radical (unpaired) electrons. The maximum absolute atomic E-state index is 7.30. The number of nitrogens with zero attached hydrogens (tertiary/aromatic N) is 3. The molecule has 7 nitrogen and oxygen atoms in total. The first kappa shape index (κ1) is 42.3. The van der Waals surface area contributed by atoms with Crippen LogP contribution in [0.5, 0.6) is 0 Å². The quantitative estimate of drug-likeness (QED) is 0.141. The molecule has 14 aromatic rings. The lowest BCUT2D eigenvalue weighted by molar-refractivity contribution is 0.583. The molecule has 356 valence electrons. The highest BCUT2D eigenvalue weighted by molar-refractivity contribution is 7.00. The van der Waals surface area contributed by atoms with Crippen LogP contribution in [0, 0.1) is 0 Å². The molecule has 0 unspecified atom stereocenters. The first-order chi connectivity index (χ1) is 37.7. The van der Waals surface area contributed by atoms with Crippen molar-refractivity contribution in [1.82, 2.24) is 0 Å². The number of anilines is 9. The Bertz CT molecular complexity index is 4350. The van der Waals surface area contributed by atoms with E-state index in [9.17, 15) is 0 Å². The Hall–Kier alpha value is -10.2. The van der Waals surface area contributed by atoms with E-state index in [-0.39, 0.29) is 6.71 Å². The Morgan fingerprint density at radius 2 is 0.737 bits per heavy atom. The van der Waals surface area contributed by atoms with Gasteiger partial charge in [-0.3, -0.25) is 9.80 Å². The van der Waals surface area contributed by atoms with Crippen LogP contribution in [0.15, 0.2) is 272 Å². The lowest BCUT2D eigenvalue weighted by Gasteiger charge is -2.43. The summed E-state index contributed by atoms with van der Waals surface area (Å²) >= 11 is 0. The molecule has 16 rings (SSSR count). The van der Waals surface area contributed by atoms with Crippen molar-refractivity contribution in [3.63, 3.8) is 0 Å². The molecule has 2 aliphatic heterocycles. The second kappa shape index (κ2) is 16.7. The predicted molar refractivity (Wildman–Crippen MR) is 311 cm³/mol. The largest absolute Gasteiger partial charge is 0.440 e. The average molecular weight is 976 g/mol. The zero-order valence-electron chi connectivity index (χ0n) is 40.8. The molecule has 76 heavy (non-hydrogen) atoms. The van der Waals surface area contributed by atoms with Crippen LogP contribution < -0.4 is 31.1 Å². The number of hydrogen-bond acceptors (Lipinski definition) is 7. The number of hydrogen-bond donors (Lipinski definition) is 0. The number of fused-ring (bicyclic) bond motifs is 8. The second-order valence-electron chi connectivity index (χ2n) is 19.5. The third-order valence-corrected chi connectivity index (χ3v) is 15.3. The zero-order chi connectivity index (χ0) is 49.8. The Labute approximate surface area is 437 Å².